The molecule has 0 aromatic heterocycles. The van der Waals surface area contributed by atoms with Crippen LogP contribution >= 0.6 is 0 Å². The third-order valence-corrected chi connectivity index (χ3v) is 6.16. The summed E-state index contributed by atoms with van der Waals surface area (Å²) in [6.45, 7) is 1.35. The quantitative estimate of drug-likeness (QED) is 0.815. The lowest BCUT2D eigenvalue weighted by molar-refractivity contribution is -0.137. The van der Waals surface area contributed by atoms with Gasteiger partial charge in [0.15, 0.2) is 0 Å². The largest absolute Gasteiger partial charge is 0.380 e. The average Bonchev–Trinajstić information content (AvgIpc) is 2.42. The molecule has 0 spiro atoms. The predicted molar refractivity (Wildman–Crippen MR) is 82.7 cm³/mol. The molecule has 0 aliphatic heterocycles. The number of nitrogens with two attached hydrogens (primary N) is 1. The molecule has 0 saturated heterocycles. The summed E-state index contributed by atoms with van der Waals surface area (Å²) >= 11 is 0. The van der Waals surface area contributed by atoms with Crippen LogP contribution in [0.15, 0.2) is 0 Å². The van der Waals surface area contributed by atoms with Gasteiger partial charge in [-0.2, -0.15) is 0 Å². The molecule has 1 unspecified atom stereocenters. The molecule has 2 N–H and O–H groups in total. The highest BCUT2D eigenvalue weighted by molar-refractivity contribution is 5.76. The van der Waals surface area contributed by atoms with E-state index in [1.165, 1.54) is 38.5 Å². The molecule has 120 valence electrons. The summed E-state index contributed by atoms with van der Waals surface area (Å²) in [5, 5.41) is 0. The fourth-order valence-electron chi connectivity index (χ4n) is 5.69. The van der Waals surface area contributed by atoms with Crippen LogP contribution in [0.25, 0.3) is 0 Å². The average molecular weight is 294 g/mol. The summed E-state index contributed by atoms with van der Waals surface area (Å²) in [4.78, 5) is 14.3. The molecule has 21 heavy (non-hydrogen) atoms. The molecule has 4 saturated carbocycles. The van der Waals surface area contributed by atoms with E-state index < -0.39 is 0 Å². The lowest BCUT2D eigenvalue weighted by Gasteiger charge is -2.57. The van der Waals surface area contributed by atoms with Crippen LogP contribution in [0, 0.1) is 23.2 Å². The second kappa shape index (κ2) is 5.88. The molecule has 1 amide bonds. The molecule has 1 atom stereocenters. The molecule has 0 radical (unpaired) electrons. The molecule has 4 aliphatic rings. The first-order valence-corrected chi connectivity index (χ1v) is 8.50. The molecule has 4 nitrogen and oxygen atoms in total. The highest BCUT2D eigenvalue weighted by Gasteiger charge is 2.51. The van der Waals surface area contributed by atoms with Crippen molar-refractivity contribution >= 4 is 5.91 Å². The highest BCUT2D eigenvalue weighted by atomic mass is 16.5. The normalized spacial score (nSPS) is 38.5. The molecule has 4 heteroatoms. The van der Waals surface area contributed by atoms with Crippen LogP contribution in [0.5, 0.6) is 0 Å². The van der Waals surface area contributed by atoms with Crippen LogP contribution in [0.2, 0.25) is 0 Å². The van der Waals surface area contributed by atoms with Gasteiger partial charge in [0, 0.05) is 27.2 Å². The Labute approximate surface area is 128 Å². The Morgan fingerprint density at radius 3 is 2.19 bits per heavy atom. The van der Waals surface area contributed by atoms with E-state index in [1.54, 1.807) is 7.11 Å². The zero-order valence-corrected chi connectivity index (χ0v) is 13.5. The molecule has 0 aromatic carbocycles. The Balaban J connectivity index is 1.59. The van der Waals surface area contributed by atoms with E-state index >= 15 is 0 Å². The maximum atomic E-state index is 12.4. The van der Waals surface area contributed by atoms with Crippen molar-refractivity contribution in [2.45, 2.75) is 51.0 Å². The number of nitrogens with zero attached hydrogens (tertiary/aromatic N) is 1. The predicted octanol–water partition coefficient (Wildman–Crippen LogP) is 2.02. The van der Waals surface area contributed by atoms with Gasteiger partial charge in [-0.25, -0.2) is 0 Å². The van der Waals surface area contributed by atoms with Crippen LogP contribution in [-0.4, -0.2) is 44.2 Å². The monoisotopic (exact) mass is 294 g/mol. The molecule has 0 aromatic rings. The fourth-order valence-corrected chi connectivity index (χ4v) is 5.69. The van der Waals surface area contributed by atoms with Gasteiger partial charge in [-0.05, 0) is 61.7 Å². The lowest BCUT2D eigenvalue weighted by atomic mass is 9.49. The van der Waals surface area contributed by atoms with Gasteiger partial charge in [0.2, 0.25) is 5.91 Å². The Morgan fingerprint density at radius 2 is 1.76 bits per heavy atom. The minimum absolute atomic E-state index is 0.142. The lowest BCUT2D eigenvalue weighted by Crippen LogP contribution is -2.51. The standard InChI is InChI=1S/C17H30N2O2/c1-19(16(20)6-15(10-18)21-2)11-17-7-12-3-13(8-17)5-14(4-12)9-17/h12-15H,3-11,18H2,1-2H3. The number of ether oxygens (including phenoxy) is 1. The summed E-state index contributed by atoms with van der Waals surface area (Å²) in [5.41, 5.74) is 6.04. The van der Waals surface area contributed by atoms with Gasteiger partial charge in [0.05, 0.1) is 12.5 Å². The summed E-state index contributed by atoms with van der Waals surface area (Å²) in [6.07, 6.45) is 8.68. The van der Waals surface area contributed by atoms with Crippen LogP contribution < -0.4 is 5.73 Å². The van der Waals surface area contributed by atoms with E-state index in [-0.39, 0.29) is 12.0 Å². The Morgan fingerprint density at radius 1 is 1.24 bits per heavy atom. The van der Waals surface area contributed by atoms with Crippen molar-refractivity contribution in [2.24, 2.45) is 28.9 Å². The van der Waals surface area contributed by atoms with Crippen molar-refractivity contribution in [3.8, 4) is 0 Å². The van der Waals surface area contributed by atoms with Crippen molar-refractivity contribution in [1.29, 1.82) is 0 Å². The van der Waals surface area contributed by atoms with Crippen LogP contribution in [0.1, 0.15) is 44.9 Å². The smallest absolute Gasteiger partial charge is 0.224 e. The Kier molecular flexibility index (Phi) is 4.28. The van der Waals surface area contributed by atoms with Crippen molar-refractivity contribution in [2.75, 3.05) is 27.2 Å². The van der Waals surface area contributed by atoms with Gasteiger partial charge in [0.1, 0.15) is 0 Å². The molecular formula is C17H30N2O2. The number of carbonyl (C=O) groups excluding carboxylic acids is 1. The maximum Gasteiger partial charge on any atom is 0.224 e. The second-order valence-corrected chi connectivity index (χ2v) is 7.96. The summed E-state index contributed by atoms with van der Waals surface area (Å²) < 4.78 is 5.24. The van der Waals surface area contributed by atoms with E-state index in [1.807, 2.05) is 11.9 Å². The van der Waals surface area contributed by atoms with Crippen molar-refractivity contribution in [3.05, 3.63) is 0 Å². The van der Waals surface area contributed by atoms with E-state index in [0.717, 1.165) is 24.3 Å². The third-order valence-electron chi connectivity index (χ3n) is 6.16. The minimum atomic E-state index is -0.142. The molecule has 4 fully saturated rings. The van der Waals surface area contributed by atoms with Gasteiger partial charge in [0.25, 0.3) is 0 Å². The summed E-state index contributed by atoms with van der Waals surface area (Å²) in [7, 11) is 3.59. The third kappa shape index (κ3) is 3.11. The molecule has 4 aliphatic carbocycles. The maximum absolute atomic E-state index is 12.4. The first-order chi connectivity index (χ1) is 10.0. The van der Waals surface area contributed by atoms with Gasteiger partial charge in [-0.3, -0.25) is 4.79 Å². The molecule has 4 rings (SSSR count). The van der Waals surface area contributed by atoms with Gasteiger partial charge >= 0.3 is 0 Å². The zero-order valence-electron chi connectivity index (χ0n) is 13.5. The molecule has 4 bridgehead atoms. The summed E-state index contributed by atoms with van der Waals surface area (Å²) in [5.74, 6) is 3.00. The van der Waals surface area contributed by atoms with Gasteiger partial charge < -0.3 is 15.4 Å². The number of rotatable bonds is 6. The van der Waals surface area contributed by atoms with Gasteiger partial charge in [-0.15, -0.1) is 0 Å². The number of carbonyl (C=O) groups is 1. The van der Waals surface area contributed by atoms with E-state index in [4.69, 9.17) is 10.5 Å². The second-order valence-electron chi connectivity index (χ2n) is 7.96. The number of amides is 1. The molecule has 0 heterocycles. The first-order valence-electron chi connectivity index (χ1n) is 8.50. The topological polar surface area (TPSA) is 55.6 Å². The van der Waals surface area contributed by atoms with Crippen LogP contribution in [-0.2, 0) is 9.53 Å². The van der Waals surface area contributed by atoms with Crippen molar-refractivity contribution in [1.82, 2.24) is 4.90 Å². The fraction of sp³-hybridized carbons (Fsp3) is 0.941. The van der Waals surface area contributed by atoms with Crippen LogP contribution in [0.4, 0.5) is 0 Å². The zero-order chi connectivity index (χ0) is 15.0. The van der Waals surface area contributed by atoms with Crippen molar-refractivity contribution in [3.63, 3.8) is 0 Å². The Hall–Kier alpha value is -0.610. The Bertz CT molecular complexity index is 357. The van der Waals surface area contributed by atoms with E-state index in [9.17, 15) is 4.79 Å². The minimum Gasteiger partial charge on any atom is -0.380 e. The van der Waals surface area contributed by atoms with Crippen LogP contribution in [0.3, 0.4) is 0 Å². The number of hydrogen-bond donors (Lipinski definition) is 1. The van der Waals surface area contributed by atoms with Gasteiger partial charge in [-0.1, -0.05) is 0 Å². The first kappa shape index (κ1) is 15.3. The van der Waals surface area contributed by atoms with E-state index in [0.29, 0.717) is 18.4 Å². The number of methoxy groups -OCH3 is 1. The highest BCUT2D eigenvalue weighted by Crippen LogP contribution is 2.60. The SMILES string of the molecule is COC(CN)CC(=O)N(C)CC12CC3CC(CC(C3)C1)C2. The summed E-state index contributed by atoms with van der Waals surface area (Å²) in [6, 6.07) is 0. The number of hydrogen-bond acceptors (Lipinski definition) is 3. The molecular weight excluding hydrogens is 264 g/mol. The van der Waals surface area contributed by atoms with E-state index in [2.05, 4.69) is 0 Å². The van der Waals surface area contributed by atoms with Crippen molar-refractivity contribution < 1.29 is 9.53 Å².